The van der Waals surface area contributed by atoms with Crippen LogP contribution in [0.3, 0.4) is 0 Å². The minimum atomic E-state index is -0.550. The van der Waals surface area contributed by atoms with E-state index in [1.807, 2.05) is 6.07 Å². The quantitative estimate of drug-likeness (QED) is 0.677. The van der Waals surface area contributed by atoms with Crippen LogP contribution in [0.4, 0.5) is 5.82 Å². The number of aliphatic hydroxyl groups excluding tert-OH is 1. The molecular weight excluding hydrogens is 358 g/mol. The Morgan fingerprint density at radius 3 is 2.81 bits per heavy atom. The van der Waals surface area contributed by atoms with Crippen LogP contribution in [0.5, 0.6) is 0 Å². The second-order valence-corrected chi connectivity index (χ2v) is 6.25. The summed E-state index contributed by atoms with van der Waals surface area (Å²) in [6.07, 6.45) is 3.60. The summed E-state index contributed by atoms with van der Waals surface area (Å²) in [5.41, 5.74) is 1.42. The van der Waals surface area contributed by atoms with Crippen molar-refractivity contribution in [2.75, 3.05) is 11.9 Å². The van der Waals surface area contributed by atoms with Gasteiger partial charge < -0.3 is 15.2 Å². The Hall–Kier alpha value is -2.55. The third kappa shape index (κ3) is 3.03. The van der Waals surface area contributed by atoms with E-state index in [2.05, 4.69) is 20.3 Å². The van der Waals surface area contributed by atoms with Crippen molar-refractivity contribution in [1.82, 2.24) is 19.5 Å². The first-order chi connectivity index (χ1) is 12.7. The number of alkyl halides is 1. The standard InChI is InChI=1S/C17H15ClN5O3/c18-12-6-11(7-24)26-17(12)23-9-21-13-14(19-8-20-15(13)23)22-16(25)10-4-2-1-3-5-10/h1-6,8-9,11-12,17,24H,7H2,(H,19,20,22,25)/t11-,12-,17-/m1/s1. The van der Waals surface area contributed by atoms with Gasteiger partial charge in [-0.15, -0.1) is 11.6 Å². The minimum Gasteiger partial charge on any atom is -0.394 e. The van der Waals surface area contributed by atoms with E-state index in [9.17, 15) is 9.90 Å². The summed E-state index contributed by atoms with van der Waals surface area (Å²) in [6, 6.07) is 8.82. The number of nitrogens with one attached hydrogen (secondary N) is 1. The number of carbonyl (C=O) groups excluding carboxylic acids is 1. The van der Waals surface area contributed by atoms with Crippen molar-refractivity contribution in [3.63, 3.8) is 0 Å². The van der Waals surface area contributed by atoms with E-state index >= 15 is 0 Å². The number of hydrogen-bond donors (Lipinski definition) is 2. The molecule has 8 nitrogen and oxygen atoms in total. The molecule has 1 fully saturated rings. The van der Waals surface area contributed by atoms with Crippen molar-refractivity contribution < 1.29 is 14.6 Å². The van der Waals surface area contributed by atoms with Gasteiger partial charge in [0.1, 0.15) is 6.33 Å². The van der Waals surface area contributed by atoms with Gasteiger partial charge in [0, 0.05) is 12.0 Å². The van der Waals surface area contributed by atoms with E-state index < -0.39 is 17.7 Å². The number of amides is 1. The van der Waals surface area contributed by atoms with Gasteiger partial charge in [0.2, 0.25) is 0 Å². The van der Waals surface area contributed by atoms with E-state index in [0.29, 0.717) is 22.5 Å². The lowest BCUT2D eigenvalue weighted by atomic mass is 10.2. The number of carbonyl (C=O) groups is 1. The Kier molecular flexibility index (Phi) is 4.54. The number of fused-ring (bicyclic) bond motifs is 1. The number of aromatic nitrogens is 4. The number of hydrogen-bond acceptors (Lipinski definition) is 6. The van der Waals surface area contributed by atoms with Crippen LogP contribution in [0, 0.1) is 6.42 Å². The van der Waals surface area contributed by atoms with Gasteiger partial charge in [0.05, 0.1) is 24.4 Å². The van der Waals surface area contributed by atoms with Gasteiger partial charge in [0.15, 0.2) is 23.2 Å². The van der Waals surface area contributed by atoms with Crippen LogP contribution in [0.1, 0.15) is 16.6 Å². The molecule has 26 heavy (non-hydrogen) atoms. The second-order valence-electron chi connectivity index (χ2n) is 5.75. The highest BCUT2D eigenvalue weighted by molar-refractivity contribution is 6.22. The van der Waals surface area contributed by atoms with Crippen LogP contribution in [0.25, 0.3) is 11.2 Å². The highest BCUT2D eigenvalue weighted by Gasteiger charge is 2.36. The molecule has 3 atom stereocenters. The average molecular weight is 373 g/mol. The fourth-order valence-corrected chi connectivity index (χ4v) is 3.16. The number of anilines is 1. The number of benzene rings is 1. The molecule has 0 bridgehead atoms. The predicted molar refractivity (Wildman–Crippen MR) is 94.7 cm³/mol. The lowest BCUT2D eigenvalue weighted by Gasteiger charge is -2.16. The maximum Gasteiger partial charge on any atom is 0.256 e. The Balaban J connectivity index is 1.64. The minimum absolute atomic E-state index is 0.153. The molecule has 1 saturated heterocycles. The Labute approximate surface area is 153 Å². The van der Waals surface area contributed by atoms with Crippen LogP contribution >= 0.6 is 11.6 Å². The third-order valence-electron chi connectivity index (χ3n) is 4.07. The molecule has 1 aliphatic heterocycles. The molecule has 4 rings (SSSR count). The Morgan fingerprint density at radius 2 is 2.08 bits per heavy atom. The fourth-order valence-electron chi connectivity index (χ4n) is 2.82. The summed E-state index contributed by atoms with van der Waals surface area (Å²) >= 11 is 6.29. The number of halogens is 1. The average Bonchev–Trinajstić information content (AvgIpc) is 3.26. The molecule has 2 N–H and O–H groups in total. The van der Waals surface area contributed by atoms with Crippen LogP contribution in [0.2, 0.25) is 0 Å². The van der Waals surface area contributed by atoms with E-state index in [1.54, 1.807) is 35.3 Å². The van der Waals surface area contributed by atoms with Gasteiger partial charge in [-0.05, 0) is 12.1 Å². The summed E-state index contributed by atoms with van der Waals surface area (Å²) in [4.78, 5) is 25.0. The topological polar surface area (TPSA) is 102 Å². The number of aliphatic hydroxyl groups is 1. The molecule has 1 aliphatic rings. The normalized spacial score (nSPS) is 22.6. The predicted octanol–water partition coefficient (Wildman–Crippen LogP) is 1.78. The Bertz CT molecular complexity index is 933. The largest absolute Gasteiger partial charge is 0.394 e. The van der Waals surface area contributed by atoms with E-state index in [1.165, 1.54) is 12.7 Å². The first-order valence-corrected chi connectivity index (χ1v) is 8.40. The van der Waals surface area contributed by atoms with Crippen molar-refractivity contribution >= 4 is 34.5 Å². The molecule has 1 radical (unpaired) electrons. The lowest BCUT2D eigenvalue weighted by molar-refractivity contribution is -0.0142. The number of nitrogens with zero attached hydrogens (tertiary/aromatic N) is 4. The molecule has 1 amide bonds. The van der Waals surface area contributed by atoms with Crippen LogP contribution in [-0.2, 0) is 4.74 Å². The fraction of sp³-hybridized carbons (Fsp3) is 0.235. The molecule has 0 spiro atoms. The highest BCUT2D eigenvalue weighted by atomic mass is 35.5. The molecule has 0 unspecified atom stereocenters. The molecule has 3 heterocycles. The number of imidazole rings is 1. The smallest absolute Gasteiger partial charge is 0.256 e. The van der Waals surface area contributed by atoms with Gasteiger partial charge >= 0.3 is 0 Å². The van der Waals surface area contributed by atoms with Crippen molar-refractivity contribution in [3.05, 3.63) is 55.0 Å². The van der Waals surface area contributed by atoms with E-state index in [4.69, 9.17) is 16.3 Å². The van der Waals surface area contributed by atoms with Gasteiger partial charge in [0.25, 0.3) is 5.91 Å². The molecule has 9 heteroatoms. The highest BCUT2D eigenvalue weighted by Crippen LogP contribution is 2.34. The molecule has 1 aromatic carbocycles. The van der Waals surface area contributed by atoms with Crippen molar-refractivity contribution in [2.45, 2.75) is 17.7 Å². The molecule has 2 aromatic heterocycles. The summed E-state index contributed by atoms with van der Waals surface area (Å²) in [5, 5.41) is 11.6. The number of ether oxygens (including phenoxy) is 1. The second kappa shape index (κ2) is 6.99. The maximum absolute atomic E-state index is 12.4. The monoisotopic (exact) mass is 372 g/mol. The van der Waals surface area contributed by atoms with Crippen LogP contribution in [-0.4, -0.2) is 48.6 Å². The van der Waals surface area contributed by atoms with E-state index in [-0.39, 0.29) is 12.5 Å². The van der Waals surface area contributed by atoms with Gasteiger partial charge in [-0.3, -0.25) is 9.36 Å². The van der Waals surface area contributed by atoms with Crippen LogP contribution < -0.4 is 5.32 Å². The molecule has 3 aromatic rings. The van der Waals surface area contributed by atoms with Gasteiger partial charge in [-0.1, -0.05) is 18.2 Å². The number of rotatable bonds is 4. The third-order valence-corrected chi connectivity index (χ3v) is 4.43. The van der Waals surface area contributed by atoms with Crippen molar-refractivity contribution in [3.8, 4) is 0 Å². The first-order valence-electron chi connectivity index (χ1n) is 7.96. The van der Waals surface area contributed by atoms with Gasteiger partial charge in [-0.25, -0.2) is 15.0 Å². The first kappa shape index (κ1) is 16.9. The van der Waals surface area contributed by atoms with Crippen molar-refractivity contribution in [2.24, 2.45) is 0 Å². The van der Waals surface area contributed by atoms with Crippen LogP contribution in [0.15, 0.2) is 43.0 Å². The summed E-state index contributed by atoms with van der Waals surface area (Å²) < 4.78 is 7.37. The molecule has 0 aliphatic carbocycles. The zero-order valence-corrected chi connectivity index (χ0v) is 14.2. The molecular formula is C17H15ClN5O3. The van der Waals surface area contributed by atoms with E-state index in [0.717, 1.165) is 0 Å². The molecule has 0 saturated carbocycles. The summed E-state index contributed by atoms with van der Waals surface area (Å²) in [7, 11) is 0. The zero-order valence-electron chi connectivity index (χ0n) is 13.5. The zero-order chi connectivity index (χ0) is 18.1. The SMILES string of the molecule is O=C(Nc1ncnc2c1ncn2[C@@H]1O[C@@H](CO)[CH][C@H]1Cl)c1ccccc1. The lowest BCUT2D eigenvalue weighted by Crippen LogP contribution is -2.17. The summed E-state index contributed by atoms with van der Waals surface area (Å²) in [5.74, 6) is 0.00979. The summed E-state index contributed by atoms with van der Waals surface area (Å²) in [6.45, 7) is -0.153. The Morgan fingerprint density at radius 1 is 1.27 bits per heavy atom. The van der Waals surface area contributed by atoms with Crippen molar-refractivity contribution in [1.29, 1.82) is 0 Å². The van der Waals surface area contributed by atoms with Gasteiger partial charge in [-0.2, -0.15) is 0 Å². The molecule has 133 valence electrons. The maximum atomic E-state index is 12.4.